The highest BCUT2D eigenvalue weighted by Gasteiger charge is 2.13. The maximum Gasteiger partial charge on any atom is 0.262 e. The van der Waals surface area contributed by atoms with Gasteiger partial charge >= 0.3 is 0 Å². The van der Waals surface area contributed by atoms with E-state index in [0.29, 0.717) is 10.6 Å². The summed E-state index contributed by atoms with van der Waals surface area (Å²) in [5.74, 6) is 0.386. The lowest BCUT2D eigenvalue weighted by atomic mass is 10.1. The molecular formula is C24H20N2O3S. The Kier molecular flexibility index (Phi) is 5.59. The van der Waals surface area contributed by atoms with E-state index >= 15 is 0 Å². The first kappa shape index (κ1) is 19.8. The molecule has 3 aromatic carbocycles. The van der Waals surface area contributed by atoms with Gasteiger partial charge in [0.05, 0.1) is 10.6 Å². The van der Waals surface area contributed by atoms with Crippen molar-refractivity contribution in [1.29, 1.82) is 0 Å². The molecule has 1 amide bonds. The van der Waals surface area contributed by atoms with Crippen LogP contribution in [0, 0.1) is 6.92 Å². The quantitative estimate of drug-likeness (QED) is 0.422. The van der Waals surface area contributed by atoms with Crippen molar-refractivity contribution in [2.75, 3.05) is 11.9 Å². The molecule has 0 bridgehead atoms. The summed E-state index contributed by atoms with van der Waals surface area (Å²) in [4.78, 5) is 29.1. The van der Waals surface area contributed by atoms with Crippen molar-refractivity contribution in [3.8, 4) is 16.3 Å². The largest absolute Gasteiger partial charge is 0.484 e. The normalized spacial score (nSPS) is 10.7. The average molecular weight is 417 g/mol. The van der Waals surface area contributed by atoms with Crippen LogP contribution in [-0.4, -0.2) is 23.3 Å². The van der Waals surface area contributed by atoms with Crippen LogP contribution >= 0.6 is 11.3 Å². The third-order valence-corrected chi connectivity index (χ3v) is 5.96. The number of fused-ring (bicyclic) bond motifs is 1. The molecule has 150 valence electrons. The molecule has 0 fully saturated rings. The fourth-order valence-electron chi connectivity index (χ4n) is 3.21. The van der Waals surface area contributed by atoms with E-state index in [-0.39, 0.29) is 18.3 Å². The molecule has 1 N–H and O–H groups in total. The minimum absolute atomic E-state index is 0.0217. The highest BCUT2D eigenvalue weighted by Crippen LogP contribution is 2.29. The molecule has 0 saturated carbocycles. The minimum Gasteiger partial charge on any atom is -0.484 e. The van der Waals surface area contributed by atoms with Crippen LogP contribution < -0.4 is 10.1 Å². The molecule has 0 radical (unpaired) electrons. The fraction of sp³-hybridized carbons (Fsp3) is 0.125. The van der Waals surface area contributed by atoms with E-state index in [2.05, 4.69) is 10.3 Å². The summed E-state index contributed by atoms with van der Waals surface area (Å²) in [6.45, 7) is 3.29. The van der Waals surface area contributed by atoms with E-state index in [1.807, 2.05) is 61.5 Å². The van der Waals surface area contributed by atoms with Gasteiger partial charge in [-0.15, -0.1) is 11.3 Å². The van der Waals surface area contributed by atoms with Crippen molar-refractivity contribution in [2.45, 2.75) is 13.8 Å². The number of thiazole rings is 1. The zero-order chi connectivity index (χ0) is 21.1. The molecule has 0 aliphatic heterocycles. The van der Waals surface area contributed by atoms with Gasteiger partial charge in [-0.1, -0.05) is 36.4 Å². The molecule has 4 rings (SSSR count). The van der Waals surface area contributed by atoms with Gasteiger partial charge in [-0.2, -0.15) is 0 Å². The maximum absolute atomic E-state index is 12.3. The van der Waals surface area contributed by atoms with Crippen LogP contribution in [0.1, 0.15) is 22.3 Å². The van der Waals surface area contributed by atoms with Crippen LogP contribution in [-0.2, 0) is 4.79 Å². The third kappa shape index (κ3) is 4.23. The van der Waals surface area contributed by atoms with Gasteiger partial charge in [-0.25, -0.2) is 4.98 Å². The van der Waals surface area contributed by atoms with Crippen molar-refractivity contribution in [3.05, 3.63) is 77.3 Å². The number of carbonyl (C=O) groups is 2. The van der Waals surface area contributed by atoms with Crippen LogP contribution in [0.4, 0.5) is 5.69 Å². The van der Waals surface area contributed by atoms with Crippen molar-refractivity contribution in [3.63, 3.8) is 0 Å². The van der Waals surface area contributed by atoms with Crippen molar-refractivity contribution in [1.82, 2.24) is 4.98 Å². The topological polar surface area (TPSA) is 68.3 Å². The SMILES string of the molecule is CC(=O)c1sc(-c2ccc(OCC(=O)Nc3cccc4ccccc34)cc2)nc1C. The number of nitrogens with zero attached hydrogens (tertiary/aromatic N) is 1. The Bertz CT molecular complexity index is 1220. The third-order valence-electron chi connectivity index (χ3n) is 4.65. The van der Waals surface area contributed by atoms with Gasteiger partial charge < -0.3 is 10.1 Å². The Morgan fingerprint density at radius 2 is 1.73 bits per heavy atom. The average Bonchev–Trinajstić information content (AvgIpc) is 3.15. The molecule has 0 spiro atoms. The molecule has 6 heteroatoms. The van der Waals surface area contributed by atoms with E-state index in [9.17, 15) is 9.59 Å². The number of anilines is 1. The smallest absolute Gasteiger partial charge is 0.262 e. The second-order valence-electron chi connectivity index (χ2n) is 6.88. The monoisotopic (exact) mass is 416 g/mol. The van der Waals surface area contributed by atoms with E-state index < -0.39 is 0 Å². The van der Waals surface area contributed by atoms with Gasteiger partial charge in [0, 0.05) is 23.6 Å². The second kappa shape index (κ2) is 8.47. The van der Waals surface area contributed by atoms with Crippen LogP contribution in [0.25, 0.3) is 21.3 Å². The molecule has 4 aromatic rings. The Morgan fingerprint density at radius 3 is 2.47 bits per heavy atom. The molecule has 0 aliphatic carbocycles. The number of rotatable bonds is 6. The van der Waals surface area contributed by atoms with Gasteiger partial charge in [-0.3, -0.25) is 9.59 Å². The van der Waals surface area contributed by atoms with Gasteiger partial charge in [-0.05, 0) is 42.6 Å². The lowest BCUT2D eigenvalue weighted by molar-refractivity contribution is -0.118. The van der Waals surface area contributed by atoms with Crippen molar-refractivity contribution < 1.29 is 14.3 Å². The maximum atomic E-state index is 12.3. The van der Waals surface area contributed by atoms with Crippen LogP contribution in [0.5, 0.6) is 5.75 Å². The van der Waals surface area contributed by atoms with Crippen molar-refractivity contribution in [2.24, 2.45) is 0 Å². The summed E-state index contributed by atoms with van der Waals surface area (Å²) in [6, 6.07) is 21.0. The lowest BCUT2D eigenvalue weighted by Gasteiger charge is -2.10. The zero-order valence-corrected chi connectivity index (χ0v) is 17.5. The molecule has 0 unspecified atom stereocenters. The second-order valence-corrected chi connectivity index (χ2v) is 7.88. The molecule has 0 aliphatic rings. The standard InChI is InChI=1S/C24H20N2O3S/c1-15-23(16(2)27)30-24(25-15)18-10-12-19(13-11-18)29-14-22(28)26-21-9-5-7-17-6-3-4-8-20(17)21/h3-13H,14H2,1-2H3,(H,26,28). The molecular weight excluding hydrogens is 396 g/mol. The molecule has 0 saturated heterocycles. The first-order chi connectivity index (χ1) is 14.5. The van der Waals surface area contributed by atoms with Gasteiger partial charge in [0.1, 0.15) is 10.8 Å². The summed E-state index contributed by atoms with van der Waals surface area (Å²) in [5.41, 5.74) is 2.41. The molecule has 30 heavy (non-hydrogen) atoms. The zero-order valence-electron chi connectivity index (χ0n) is 16.6. The minimum atomic E-state index is -0.225. The summed E-state index contributed by atoms with van der Waals surface area (Å²) in [5, 5.41) is 5.75. The summed E-state index contributed by atoms with van der Waals surface area (Å²) >= 11 is 1.38. The van der Waals surface area contributed by atoms with E-state index in [4.69, 9.17) is 4.74 Å². The number of ether oxygens (including phenoxy) is 1. The predicted molar refractivity (Wildman–Crippen MR) is 120 cm³/mol. The van der Waals surface area contributed by atoms with Gasteiger partial charge in [0.25, 0.3) is 5.91 Å². The van der Waals surface area contributed by atoms with Gasteiger partial charge in [0.2, 0.25) is 0 Å². The summed E-state index contributed by atoms with van der Waals surface area (Å²) < 4.78 is 5.63. The van der Waals surface area contributed by atoms with Crippen LogP contribution in [0.15, 0.2) is 66.7 Å². The fourth-order valence-corrected chi connectivity index (χ4v) is 4.18. The number of nitrogens with one attached hydrogen (secondary N) is 1. The molecule has 1 aromatic heterocycles. The number of carbonyl (C=O) groups excluding carboxylic acids is 2. The molecule has 0 atom stereocenters. The number of Topliss-reactive ketones (excluding diaryl/α,β-unsaturated/α-hetero) is 1. The number of hydrogen-bond donors (Lipinski definition) is 1. The van der Waals surface area contributed by atoms with E-state index in [1.54, 1.807) is 19.1 Å². The lowest BCUT2D eigenvalue weighted by Crippen LogP contribution is -2.20. The molecule has 5 nitrogen and oxygen atoms in total. The number of benzene rings is 3. The highest BCUT2D eigenvalue weighted by atomic mass is 32.1. The highest BCUT2D eigenvalue weighted by molar-refractivity contribution is 7.17. The summed E-state index contributed by atoms with van der Waals surface area (Å²) in [7, 11) is 0. The molecule has 1 heterocycles. The van der Waals surface area contributed by atoms with Crippen LogP contribution in [0.3, 0.4) is 0 Å². The number of aromatic nitrogens is 1. The Hall–Kier alpha value is -3.51. The van der Waals surface area contributed by atoms with Crippen LogP contribution in [0.2, 0.25) is 0 Å². The Labute approximate surface area is 178 Å². The Balaban J connectivity index is 1.40. The van der Waals surface area contributed by atoms with Crippen molar-refractivity contribution >= 4 is 39.5 Å². The predicted octanol–water partition coefficient (Wildman–Crippen LogP) is 5.49. The first-order valence-corrected chi connectivity index (χ1v) is 10.3. The van der Waals surface area contributed by atoms with Gasteiger partial charge in [0.15, 0.2) is 12.4 Å². The van der Waals surface area contributed by atoms with E-state index in [1.165, 1.54) is 11.3 Å². The number of ketones is 1. The number of hydrogen-bond acceptors (Lipinski definition) is 5. The number of aryl methyl sites for hydroxylation is 1. The first-order valence-electron chi connectivity index (χ1n) is 9.50. The summed E-state index contributed by atoms with van der Waals surface area (Å²) in [6.07, 6.45) is 0. The number of amides is 1. The van der Waals surface area contributed by atoms with E-state index in [0.717, 1.165) is 32.7 Å². The Morgan fingerprint density at radius 1 is 1.00 bits per heavy atom.